The quantitative estimate of drug-likeness (QED) is 0.493. The average molecular weight is 498 g/mol. The first-order chi connectivity index (χ1) is 13.9. The average Bonchev–Trinajstić information content (AvgIpc) is 2.71. The van der Waals surface area contributed by atoms with Gasteiger partial charge in [0.15, 0.2) is 5.75 Å². The smallest absolute Gasteiger partial charge is 0.244 e. The van der Waals surface area contributed by atoms with E-state index in [1.807, 2.05) is 18.2 Å². The molecule has 0 atom stereocenters. The number of methoxy groups -OCH3 is 1. The predicted molar refractivity (Wildman–Crippen MR) is 115 cm³/mol. The molecule has 0 bridgehead atoms. The zero-order valence-electron chi connectivity index (χ0n) is 15.4. The van der Waals surface area contributed by atoms with Crippen LogP contribution in [0.2, 0.25) is 5.02 Å². The third kappa shape index (κ3) is 5.70. The van der Waals surface area contributed by atoms with Crippen molar-refractivity contribution in [3.05, 3.63) is 81.5 Å². The largest absolute Gasteiger partial charge is 0.494 e. The molecule has 0 radical (unpaired) electrons. The predicted octanol–water partition coefficient (Wildman–Crippen LogP) is 4.56. The second-order valence-corrected chi connectivity index (χ2v) is 9.03. The van der Waals surface area contributed by atoms with Gasteiger partial charge in [0, 0.05) is 17.8 Å². The van der Waals surface area contributed by atoms with Gasteiger partial charge in [-0.05, 0) is 57.9 Å². The van der Waals surface area contributed by atoms with Crippen molar-refractivity contribution in [2.24, 2.45) is 0 Å². The van der Waals surface area contributed by atoms with Crippen LogP contribution in [-0.4, -0.2) is 20.5 Å². The number of rotatable bonds is 8. The van der Waals surface area contributed by atoms with E-state index in [9.17, 15) is 8.42 Å². The van der Waals surface area contributed by atoms with Crippen LogP contribution in [0.25, 0.3) is 0 Å². The minimum Gasteiger partial charge on any atom is -0.494 e. The Bertz CT molecular complexity index is 1090. The number of ether oxygens (including phenoxy) is 2. The highest BCUT2D eigenvalue weighted by atomic mass is 79.9. The summed E-state index contributed by atoms with van der Waals surface area (Å²) in [6.45, 7) is 0.403. The van der Waals surface area contributed by atoms with E-state index in [0.29, 0.717) is 16.8 Å². The van der Waals surface area contributed by atoms with E-state index in [1.54, 1.807) is 36.5 Å². The Morgan fingerprint density at radius 1 is 1.14 bits per heavy atom. The number of nitrogens with one attached hydrogen (secondary N) is 1. The van der Waals surface area contributed by atoms with Gasteiger partial charge in [-0.3, -0.25) is 4.98 Å². The number of benzene rings is 2. The summed E-state index contributed by atoms with van der Waals surface area (Å²) < 4.78 is 39.5. The standard InChI is InChI=1S/C20H18BrClN2O4S/c1-27-20-18(21)10-15(22)11-19(20)29(25,26)24-12-14-5-4-7-17(9-14)28-13-16-6-2-3-8-23-16/h2-11,24H,12-13H2,1H3. The lowest BCUT2D eigenvalue weighted by Crippen LogP contribution is -2.24. The van der Waals surface area contributed by atoms with Crippen molar-refractivity contribution in [3.8, 4) is 11.5 Å². The first kappa shape index (κ1) is 21.6. The second kappa shape index (κ2) is 9.58. The lowest BCUT2D eigenvalue weighted by Gasteiger charge is -2.13. The monoisotopic (exact) mass is 496 g/mol. The maximum absolute atomic E-state index is 12.8. The van der Waals surface area contributed by atoms with Gasteiger partial charge in [-0.25, -0.2) is 13.1 Å². The molecule has 0 amide bonds. The fourth-order valence-corrected chi connectivity index (χ4v) is 4.98. The normalized spacial score (nSPS) is 11.3. The molecule has 152 valence electrons. The minimum absolute atomic E-state index is 0.0399. The van der Waals surface area contributed by atoms with Gasteiger partial charge in [0.25, 0.3) is 0 Å². The third-order valence-electron chi connectivity index (χ3n) is 3.95. The Morgan fingerprint density at radius 3 is 2.69 bits per heavy atom. The number of hydrogen-bond donors (Lipinski definition) is 1. The van der Waals surface area contributed by atoms with Crippen LogP contribution < -0.4 is 14.2 Å². The lowest BCUT2D eigenvalue weighted by atomic mass is 10.2. The van der Waals surface area contributed by atoms with Crippen LogP contribution in [0.4, 0.5) is 0 Å². The van der Waals surface area contributed by atoms with Crippen molar-refractivity contribution < 1.29 is 17.9 Å². The number of aromatic nitrogens is 1. The lowest BCUT2D eigenvalue weighted by molar-refractivity contribution is 0.301. The number of pyridine rings is 1. The molecule has 29 heavy (non-hydrogen) atoms. The summed E-state index contributed by atoms with van der Waals surface area (Å²) in [6.07, 6.45) is 1.70. The molecule has 2 aromatic carbocycles. The number of nitrogens with zero attached hydrogens (tertiary/aromatic N) is 1. The highest BCUT2D eigenvalue weighted by Gasteiger charge is 2.22. The first-order valence-electron chi connectivity index (χ1n) is 8.53. The minimum atomic E-state index is -3.85. The SMILES string of the molecule is COc1c(Br)cc(Cl)cc1S(=O)(=O)NCc1cccc(OCc2ccccn2)c1. The summed E-state index contributed by atoms with van der Waals surface area (Å²) in [6, 6.07) is 15.7. The number of hydrogen-bond acceptors (Lipinski definition) is 5. The number of sulfonamides is 1. The second-order valence-electron chi connectivity index (χ2n) is 6.00. The molecule has 1 heterocycles. The van der Waals surface area contributed by atoms with Crippen LogP contribution in [0.5, 0.6) is 11.5 Å². The molecule has 0 aliphatic heterocycles. The van der Waals surface area contributed by atoms with Crippen LogP contribution in [-0.2, 0) is 23.2 Å². The molecule has 1 N–H and O–H groups in total. The Kier molecular flexibility index (Phi) is 7.13. The molecule has 0 saturated carbocycles. The van der Waals surface area contributed by atoms with E-state index in [0.717, 1.165) is 11.3 Å². The topological polar surface area (TPSA) is 77.5 Å². The summed E-state index contributed by atoms with van der Waals surface area (Å²) in [5.74, 6) is 0.810. The van der Waals surface area contributed by atoms with Crippen molar-refractivity contribution in [1.82, 2.24) is 9.71 Å². The van der Waals surface area contributed by atoms with Crippen molar-refractivity contribution in [3.63, 3.8) is 0 Å². The Labute approximate surface area is 183 Å². The zero-order valence-corrected chi connectivity index (χ0v) is 18.6. The molecule has 3 aromatic rings. The summed E-state index contributed by atoms with van der Waals surface area (Å²) in [5.41, 5.74) is 1.55. The highest BCUT2D eigenvalue weighted by Crippen LogP contribution is 2.35. The summed E-state index contributed by atoms with van der Waals surface area (Å²) in [4.78, 5) is 4.17. The fourth-order valence-electron chi connectivity index (χ4n) is 2.58. The molecule has 3 rings (SSSR count). The van der Waals surface area contributed by atoms with E-state index in [1.165, 1.54) is 13.2 Å². The maximum Gasteiger partial charge on any atom is 0.244 e. The van der Waals surface area contributed by atoms with Crippen molar-refractivity contribution >= 4 is 37.6 Å². The van der Waals surface area contributed by atoms with Crippen molar-refractivity contribution in [2.45, 2.75) is 18.0 Å². The van der Waals surface area contributed by atoms with E-state index < -0.39 is 10.0 Å². The van der Waals surface area contributed by atoms with Crippen molar-refractivity contribution in [1.29, 1.82) is 0 Å². The van der Waals surface area contributed by atoms with Crippen LogP contribution in [0.15, 0.2) is 70.2 Å². The third-order valence-corrected chi connectivity index (χ3v) is 6.16. The highest BCUT2D eigenvalue weighted by molar-refractivity contribution is 9.10. The van der Waals surface area contributed by atoms with E-state index >= 15 is 0 Å². The van der Waals surface area contributed by atoms with Crippen LogP contribution >= 0.6 is 27.5 Å². The Hall–Kier alpha value is -2.13. The van der Waals surface area contributed by atoms with Crippen LogP contribution in [0.3, 0.4) is 0 Å². The fraction of sp³-hybridized carbons (Fsp3) is 0.150. The summed E-state index contributed by atoms with van der Waals surface area (Å²) >= 11 is 9.28. The molecule has 0 saturated heterocycles. The van der Waals surface area contributed by atoms with Gasteiger partial charge < -0.3 is 9.47 Å². The first-order valence-corrected chi connectivity index (χ1v) is 11.2. The summed E-state index contributed by atoms with van der Waals surface area (Å²) in [5, 5.41) is 0.281. The molecule has 0 aliphatic rings. The van der Waals surface area contributed by atoms with Gasteiger partial charge in [-0.1, -0.05) is 29.8 Å². The van der Waals surface area contributed by atoms with E-state index in [2.05, 4.69) is 25.6 Å². The molecular weight excluding hydrogens is 480 g/mol. The Morgan fingerprint density at radius 2 is 1.97 bits per heavy atom. The van der Waals surface area contributed by atoms with Gasteiger partial charge in [-0.15, -0.1) is 0 Å². The molecule has 0 aliphatic carbocycles. The molecular formula is C20H18BrClN2O4S. The summed E-state index contributed by atoms with van der Waals surface area (Å²) in [7, 11) is -2.46. The van der Waals surface area contributed by atoms with Gasteiger partial charge >= 0.3 is 0 Å². The van der Waals surface area contributed by atoms with Gasteiger partial charge in [-0.2, -0.15) is 0 Å². The molecule has 6 nitrogen and oxygen atoms in total. The van der Waals surface area contributed by atoms with Gasteiger partial charge in [0.2, 0.25) is 10.0 Å². The number of halogens is 2. The van der Waals surface area contributed by atoms with Gasteiger partial charge in [0.1, 0.15) is 17.3 Å². The van der Waals surface area contributed by atoms with Crippen molar-refractivity contribution in [2.75, 3.05) is 7.11 Å². The maximum atomic E-state index is 12.8. The molecule has 0 unspecified atom stereocenters. The molecule has 9 heteroatoms. The molecule has 0 fully saturated rings. The Balaban J connectivity index is 1.71. The van der Waals surface area contributed by atoms with Gasteiger partial charge in [0.05, 0.1) is 17.3 Å². The van der Waals surface area contributed by atoms with E-state index in [4.69, 9.17) is 21.1 Å². The van der Waals surface area contributed by atoms with Crippen LogP contribution in [0.1, 0.15) is 11.3 Å². The van der Waals surface area contributed by atoms with E-state index in [-0.39, 0.29) is 22.2 Å². The zero-order chi connectivity index (χ0) is 20.9. The molecule has 1 aromatic heterocycles. The molecule has 0 spiro atoms. The van der Waals surface area contributed by atoms with Crippen LogP contribution in [0, 0.1) is 0 Å².